The minimum atomic E-state index is -0.531. The van der Waals surface area contributed by atoms with Crippen molar-refractivity contribution in [3.63, 3.8) is 0 Å². The van der Waals surface area contributed by atoms with E-state index in [2.05, 4.69) is 18.2 Å². The Hall–Kier alpha value is -1.40. The topological polar surface area (TPSA) is 12.0 Å². The smallest absolute Gasteiger partial charge is 0.126 e. The van der Waals surface area contributed by atoms with Gasteiger partial charge in [0.1, 0.15) is 11.6 Å². The molecule has 0 aliphatic rings. The minimum absolute atomic E-state index is 0.169. The third-order valence-electron chi connectivity index (χ3n) is 2.72. The highest BCUT2D eigenvalue weighted by Gasteiger charge is 2.10. The molecule has 0 fully saturated rings. The molecule has 0 amide bonds. The molecule has 98 valence electrons. The molecular formula is C15H19F2N. The van der Waals surface area contributed by atoms with Gasteiger partial charge in [0.05, 0.1) is 0 Å². The van der Waals surface area contributed by atoms with E-state index >= 15 is 0 Å². The molecule has 18 heavy (non-hydrogen) atoms. The van der Waals surface area contributed by atoms with Gasteiger partial charge in [-0.15, -0.1) is 12.3 Å². The Bertz CT molecular complexity index is 389. The van der Waals surface area contributed by atoms with Gasteiger partial charge in [-0.3, -0.25) is 0 Å². The van der Waals surface area contributed by atoms with Crippen LogP contribution < -0.4 is 5.32 Å². The maximum Gasteiger partial charge on any atom is 0.126 e. The average molecular weight is 251 g/mol. The van der Waals surface area contributed by atoms with Gasteiger partial charge in [0.15, 0.2) is 0 Å². The van der Waals surface area contributed by atoms with Crippen LogP contribution in [0.4, 0.5) is 8.78 Å². The lowest BCUT2D eigenvalue weighted by Crippen LogP contribution is -2.31. The average Bonchev–Trinajstić information content (AvgIpc) is 2.31. The Balaban J connectivity index is 2.65. The second-order valence-electron chi connectivity index (χ2n) is 4.38. The number of hydrogen-bond donors (Lipinski definition) is 1. The van der Waals surface area contributed by atoms with Gasteiger partial charge in [-0.1, -0.05) is 6.92 Å². The normalized spacial score (nSPS) is 12.1. The third kappa shape index (κ3) is 5.29. The van der Waals surface area contributed by atoms with Gasteiger partial charge in [-0.2, -0.15) is 0 Å². The maximum absolute atomic E-state index is 13.1. The van der Waals surface area contributed by atoms with E-state index in [1.54, 1.807) is 0 Å². The molecule has 1 aromatic carbocycles. The Morgan fingerprint density at radius 1 is 1.28 bits per heavy atom. The first kappa shape index (κ1) is 14.7. The molecule has 1 N–H and O–H groups in total. The summed E-state index contributed by atoms with van der Waals surface area (Å²) in [5, 5.41) is 3.35. The van der Waals surface area contributed by atoms with Crippen molar-refractivity contribution in [2.45, 2.75) is 38.6 Å². The van der Waals surface area contributed by atoms with E-state index in [9.17, 15) is 8.78 Å². The molecular weight excluding hydrogens is 232 g/mol. The van der Waals surface area contributed by atoms with Crippen molar-refractivity contribution in [2.75, 3.05) is 6.54 Å². The van der Waals surface area contributed by atoms with Gasteiger partial charge >= 0.3 is 0 Å². The lowest BCUT2D eigenvalue weighted by molar-refractivity contribution is 0.480. The summed E-state index contributed by atoms with van der Waals surface area (Å²) < 4.78 is 26.2. The molecule has 3 heteroatoms. The Labute approximate surface area is 108 Å². The molecule has 0 aromatic heterocycles. The first-order valence-corrected chi connectivity index (χ1v) is 6.27. The number of terminal acetylenes is 1. The van der Waals surface area contributed by atoms with Crippen molar-refractivity contribution in [3.05, 3.63) is 35.4 Å². The summed E-state index contributed by atoms with van der Waals surface area (Å²) in [6.07, 6.45) is 8.34. The van der Waals surface area contributed by atoms with E-state index in [1.165, 1.54) is 12.1 Å². The zero-order valence-corrected chi connectivity index (χ0v) is 10.7. The predicted octanol–water partition coefficient (Wildman–Crippen LogP) is 3.29. The first-order valence-electron chi connectivity index (χ1n) is 6.27. The quantitative estimate of drug-likeness (QED) is 0.733. The van der Waals surface area contributed by atoms with Crippen LogP contribution in [0, 0.1) is 24.0 Å². The Morgan fingerprint density at radius 2 is 1.94 bits per heavy atom. The number of rotatable bonds is 7. The van der Waals surface area contributed by atoms with Crippen molar-refractivity contribution in [1.29, 1.82) is 0 Å². The van der Waals surface area contributed by atoms with Crippen molar-refractivity contribution in [3.8, 4) is 12.3 Å². The minimum Gasteiger partial charge on any atom is -0.314 e. The number of nitrogens with one attached hydrogen (secondary N) is 1. The fourth-order valence-corrected chi connectivity index (χ4v) is 1.90. The van der Waals surface area contributed by atoms with E-state index in [1.807, 2.05) is 0 Å². The van der Waals surface area contributed by atoms with Crippen LogP contribution in [-0.4, -0.2) is 12.6 Å². The van der Waals surface area contributed by atoms with Crippen molar-refractivity contribution < 1.29 is 8.78 Å². The fraction of sp³-hybridized carbons (Fsp3) is 0.467. The van der Waals surface area contributed by atoms with Gasteiger partial charge < -0.3 is 5.32 Å². The third-order valence-corrected chi connectivity index (χ3v) is 2.72. The van der Waals surface area contributed by atoms with Crippen molar-refractivity contribution in [1.82, 2.24) is 5.32 Å². The molecule has 0 aliphatic carbocycles. The molecule has 0 aliphatic heterocycles. The lowest BCUT2D eigenvalue weighted by atomic mass is 10.0. The van der Waals surface area contributed by atoms with Gasteiger partial charge in [0.2, 0.25) is 0 Å². The van der Waals surface area contributed by atoms with Gasteiger partial charge in [0.25, 0.3) is 0 Å². The Morgan fingerprint density at radius 3 is 2.50 bits per heavy atom. The summed E-state index contributed by atoms with van der Waals surface area (Å²) in [5.74, 6) is 1.53. The molecule has 1 rings (SSSR count). The van der Waals surface area contributed by atoms with E-state index in [0.29, 0.717) is 18.4 Å². The molecule has 0 saturated heterocycles. The molecule has 1 nitrogen and oxygen atoms in total. The summed E-state index contributed by atoms with van der Waals surface area (Å²) in [4.78, 5) is 0. The number of hydrogen-bond acceptors (Lipinski definition) is 1. The molecule has 0 saturated carbocycles. The zero-order valence-electron chi connectivity index (χ0n) is 10.7. The standard InChI is InChI=1S/C15H19F2N/c1-3-5-6-15(18-7-4-2)10-12-8-13(16)11-14(17)9-12/h1,8-9,11,15,18H,4-7,10H2,2H3. The van der Waals surface area contributed by atoms with Gasteiger partial charge in [-0.05, 0) is 43.5 Å². The second kappa shape index (κ2) is 7.84. The van der Waals surface area contributed by atoms with Crippen LogP contribution in [0.25, 0.3) is 0 Å². The molecule has 0 bridgehead atoms. The van der Waals surface area contributed by atoms with Crippen LogP contribution in [0.2, 0.25) is 0 Å². The fourth-order valence-electron chi connectivity index (χ4n) is 1.90. The van der Waals surface area contributed by atoms with Crippen LogP contribution in [-0.2, 0) is 6.42 Å². The van der Waals surface area contributed by atoms with E-state index in [0.717, 1.165) is 25.5 Å². The maximum atomic E-state index is 13.1. The van der Waals surface area contributed by atoms with Crippen LogP contribution in [0.5, 0.6) is 0 Å². The first-order chi connectivity index (χ1) is 8.65. The summed E-state index contributed by atoms with van der Waals surface area (Å²) in [6.45, 7) is 2.96. The summed E-state index contributed by atoms with van der Waals surface area (Å²) >= 11 is 0. The van der Waals surface area contributed by atoms with Crippen molar-refractivity contribution in [2.24, 2.45) is 0 Å². The highest BCUT2D eigenvalue weighted by molar-refractivity contribution is 5.19. The van der Waals surface area contributed by atoms with E-state index in [4.69, 9.17) is 6.42 Å². The molecule has 1 atom stereocenters. The van der Waals surface area contributed by atoms with Gasteiger partial charge in [-0.25, -0.2) is 8.78 Å². The highest BCUT2D eigenvalue weighted by Crippen LogP contribution is 2.12. The Kier molecular flexibility index (Phi) is 6.38. The number of halogens is 2. The highest BCUT2D eigenvalue weighted by atomic mass is 19.1. The largest absolute Gasteiger partial charge is 0.314 e. The summed E-state index contributed by atoms with van der Waals surface area (Å²) in [7, 11) is 0. The van der Waals surface area contributed by atoms with E-state index in [-0.39, 0.29) is 6.04 Å². The van der Waals surface area contributed by atoms with E-state index < -0.39 is 11.6 Å². The van der Waals surface area contributed by atoms with Crippen LogP contribution >= 0.6 is 0 Å². The van der Waals surface area contributed by atoms with Crippen LogP contribution in [0.15, 0.2) is 18.2 Å². The van der Waals surface area contributed by atoms with Crippen LogP contribution in [0.3, 0.4) is 0 Å². The lowest BCUT2D eigenvalue weighted by Gasteiger charge is -2.17. The molecule has 0 heterocycles. The predicted molar refractivity (Wildman–Crippen MR) is 70.2 cm³/mol. The van der Waals surface area contributed by atoms with Gasteiger partial charge in [0, 0.05) is 18.5 Å². The molecule has 1 aromatic rings. The zero-order chi connectivity index (χ0) is 13.4. The van der Waals surface area contributed by atoms with Crippen molar-refractivity contribution >= 4 is 0 Å². The number of benzene rings is 1. The molecule has 0 radical (unpaired) electrons. The van der Waals surface area contributed by atoms with Crippen LogP contribution in [0.1, 0.15) is 31.7 Å². The second-order valence-corrected chi connectivity index (χ2v) is 4.38. The molecule has 0 spiro atoms. The SMILES string of the molecule is C#CCCC(Cc1cc(F)cc(F)c1)NCCC. The molecule has 1 unspecified atom stereocenters. The monoisotopic (exact) mass is 251 g/mol. The summed E-state index contributed by atoms with van der Waals surface area (Å²) in [6, 6.07) is 3.81. The summed E-state index contributed by atoms with van der Waals surface area (Å²) in [5.41, 5.74) is 0.665.